The van der Waals surface area contributed by atoms with Crippen molar-refractivity contribution in [1.29, 1.82) is 0 Å². The number of hydrogen-bond donors (Lipinski definition) is 0. The Hall–Kier alpha value is -3.14. The van der Waals surface area contributed by atoms with E-state index in [2.05, 4.69) is 34.4 Å². The second-order valence-electron chi connectivity index (χ2n) is 5.88. The minimum absolute atomic E-state index is 0.403. The van der Waals surface area contributed by atoms with Crippen LogP contribution >= 0.6 is 0 Å². The molecule has 0 aliphatic carbocycles. The topological polar surface area (TPSA) is 43.7 Å². The van der Waals surface area contributed by atoms with Gasteiger partial charge >= 0.3 is 0 Å². The molecule has 0 aliphatic rings. The molecular formula is C22H22N2O2. The highest BCUT2D eigenvalue weighted by molar-refractivity contribution is 5.79. The average Bonchev–Trinajstić information content (AvgIpc) is 2.71. The molecule has 1 heterocycles. The van der Waals surface area contributed by atoms with Crippen molar-refractivity contribution in [3.05, 3.63) is 95.8 Å². The van der Waals surface area contributed by atoms with Gasteiger partial charge in [0.1, 0.15) is 12.4 Å². The maximum atomic E-state index is 5.83. The van der Waals surface area contributed by atoms with Crippen LogP contribution in [0.5, 0.6) is 5.75 Å². The predicted molar refractivity (Wildman–Crippen MR) is 103 cm³/mol. The Bertz CT molecular complexity index is 805. The molecule has 0 N–H and O–H groups in total. The van der Waals surface area contributed by atoms with Crippen molar-refractivity contribution in [2.75, 3.05) is 6.61 Å². The fourth-order valence-corrected chi connectivity index (χ4v) is 2.49. The first-order valence-electron chi connectivity index (χ1n) is 8.71. The third kappa shape index (κ3) is 6.06. The Labute approximate surface area is 154 Å². The van der Waals surface area contributed by atoms with Gasteiger partial charge in [0.15, 0.2) is 0 Å². The normalized spacial score (nSPS) is 10.8. The van der Waals surface area contributed by atoms with Gasteiger partial charge in [0, 0.05) is 18.0 Å². The molecule has 0 spiro atoms. The molecule has 26 heavy (non-hydrogen) atoms. The lowest BCUT2D eigenvalue weighted by atomic mass is 10.1. The van der Waals surface area contributed by atoms with Gasteiger partial charge < -0.3 is 9.57 Å². The molecule has 0 radical (unpaired) electrons. The van der Waals surface area contributed by atoms with E-state index < -0.39 is 0 Å². The minimum Gasteiger partial charge on any atom is -0.494 e. The highest BCUT2D eigenvalue weighted by Gasteiger charge is 1.97. The van der Waals surface area contributed by atoms with Gasteiger partial charge in [0.2, 0.25) is 0 Å². The first kappa shape index (κ1) is 17.7. The van der Waals surface area contributed by atoms with E-state index in [0.717, 1.165) is 29.7 Å². The highest BCUT2D eigenvalue weighted by atomic mass is 16.6. The fraction of sp³-hybridized carbons (Fsp3) is 0.182. The summed E-state index contributed by atoms with van der Waals surface area (Å²) in [6.45, 7) is 1.09. The zero-order chi connectivity index (χ0) is 17.9. The van der Waals surface area contributed by atoms with Crippen LogP contribution in [0.25, 0.3) is 0 Å². The van der Waals surface area contributed by atoms with Crippen molar-refractivity contribution in [2.24, 2.45) is 5.16 Å². The van der Waals surface area contributed by atoms with Crippen LogP contribution in [0.2, 0.25) is 0 Å². The summed E-state index contributed by atoms with van der Waals surface area (Å²) in [7, 11) is 0. The van der Waals surface area contributed by atoms with Gasteiger partial charge in [-0.15, -0.1) is 0 Å². The minimum atomic E-state index is 0.403. The van der Waals surface area contributed by atoms with Gasteiger partial charge in [0.05, 0.1) is 12.8 Å². The summed E-state index contributed by atoms with van der Waals surface area (Å²) in [5, 5.41) is 4.01. The van der Waals surface area contributed by atoms with Crippen LogP contribution in [-0.4, -0.2) is 17.8 Å². The average molecular weight is 346 g/mol. The summed E-state index contributed by atoms with van der Waals surface area (Å²) in [5.41, 5.74) is 3.26. The Morgan fingerprint density at radius 2 is 1.81 bits per heavy atom. The lowest BCUT2D eigenvalue weighted by Crippen LogP contribution is -1.99. The van der Waals surface area contributed by atoms with Crippen molar-refractivity contribution in [2.45, 2.75) is 19.4 Å². The van der Waals surface area contributed by atoms with Crippen LogP contribution in [0, 0.1) is 0 Å². The molecule has 1 aromatic heterocycles. The maximum Gasteiger partial charge on any atom is 0.143 e. The number of pyridine rings is 1. The predicted octanol–water partition coefficient (Wildman–Crippen LogP) is 4.64. The molecule has 0 amide bonds. The van der Waals surface area contributed by atoms with Gasteiger partial charge in [-0.3, -0.25) is 4.98 Å². The first-order chi connectivity index (χ1) is 12.9. The monoisotopic (exact) mass is 346 g/mol. The lowest BCUT2D eigenvalue weighted by molar-refractivity contribution is 0.132. The Kier molecular flexibility index (Phi) is 6.79. The van der Waals surface area contributed by atoms with Crippen molar-refractivity contribution >= 4 is 6.21 Å². The van der Waals surface area contributed by atoms with Gasteiger partial charge in [-0.2, -0.15) is 0 Å². The van der Waals surface area contributed by atoms with Crippen LogP contribution in [0.1, 0.15) is 23.1 Å². The van der Waals surface area contributed by atoms with Crippen molar-refractivity contribution in [3.63, 3.8) is 0 Å². The van der Waals surface area contributed by atoms with E-state index in [-0.39, 0.29) is 0 Å². The first-order valence-corrected chi connectivity index (χ1v) is 8.71. The number of nitrogens with zero attached hydrogens (tertiary/aromatic N) is 2. The van der Waals surface area contributed by atoms with E-state index >= 15 is 0 Å². The van der Waals surface area contributed by atoms with E-state index in [1.54, 1.807) is 18.6 Å². The number of benzene rings is 2. The summed E-state index contributed by atoms with van der Waals surface area (Å²) in [6.07, 6.45) is 7.19. The molecule has 0 saturated carbocycles. The standard InChI is InChI=1S/C22H22N2O2/c1-2-7-19(8-3-1)11-6-14-25-22-12-4-9-20(15-22)17-24-26-18-21-10-5-13-23-16-21/h1-5,7-10,12-13,15-17H,6,11,14,18H2/b24-17+. The Morgan fingerprint density at radius 1 is 0.923 bits per heavy atom. The molecule has 0 unspecified atom stereocenters. The molecule has 0 aliphatic heterocycles. The summed E-state index contributed by atoms with van der Waals surface area (Å²) in [6, 6.07) is 22.1. The summed E-state index contributed by atoms with van der Waals surface area (Å²) in [5.74, 6) is 0.842. The van der Waals surface area contributed by atoms with E-state index in [0.29, 0.717) is 13.2 Å². The molecule has 0 bridgehead atoms. The van der Waals surface area contributed by atoms with E-state index in [9.17, 15) is 0 Å². The molecule has 4 heteroatoms. The van der Waals surface area contributed by atoms with Crippen molar-refractivity contribution < 1.29 is 9.57 Å². The van der Waals surface area contributed by atoms with Gasteiger partial charge in [-0.05, 0) is 42.2 Å². The molecular weight excluding hydrogens is 324 g/mol. The van der Waals surface area contributed by atoms with Crippen LogP contribution < -0.4 is 4.74 Å². The van der Waals surface area contributed by atoms with Crippen LogP contribution in [0.3, 0.4) is 0 Å². The molecule has 0 saturated heterocycles. The fourth-order valence-electron chi connectivity index (χ4n) is 2.49. The van der Waals surface area contributed by atoms with Crippen LogP contribution in [-0.2, 0) is 17.9 Å². The number of hydrogen-bond acceptors (Lipinski definition) is 4. The number of rotatable bonds is 9. The number of aromatic nitrogens is 1. The second kappa shape index (κ2) is 9.99. The summed E-state index contributed by atoms with van der Waals surface area (Å²) in [4.78, 5) is 9.34. The number of aryl methyl sites for hydroxylation is 1. The largest absolute Gasteiger partial charge is 0.494 e. The SMILES string of the molecule is C(=N\OCc1cccnc1)/c1cccc(OCCCc2ccccc2)c1. The van der Waals surface area contributed by atoms with E-state index in [1.165, 1.54) is 5.56 Å². The van der Waals surface area contributed by atoms with Crippen molar-refractivity contribution in [1.82, 2.24) is 4.98 Å². The van der Waals surface area contributed by atoms with Crippen LogP contribution in [0.15, 0.2) is 84.3 Å². The zero-order valence-corrected chi connectivity index (χ0v) is 14.6. The smallest absolute Gasteiger partial charge is 0.143 e. The number of ether oxygens (including phenoxy) is 1. The third-order valence-electron chi connectivity index (χ3n) is 3.81. The number of oxime groups is 1. The molecule has 4 nitrogen and oxygen atoms in total. The Morgan fingerprint density at radius 3 is 2.65 bits per heavy atom. The van der Waals surface area contributed by atoms with Gasteiger partial charge in [0.25, 0.3) is 0 Å². The highest BCUT2D eigenvalue weighted by Crippen LogP contribution is 2.13. The summed E-state index contributed by atoms with van der Waals surface area (Å²) < 4.78 is 5.83. The molecule has 132 valence electrons. The molecule has 2 aromatic carbocycles. The van der Waals surface area contributed by atoms with E-state index in [1.807, 2.05) is 42.5 Å². The lowest BCUT2D eigenvalue weighted by Gasteiger charge is -2.07. The van der Waals surface area contributed by atoms with Crippen molar-refractivity contribution in [3.8, 4) is 5.75 Å². The molecule has 0 fully saturated rings. The zero-order valence-electron chi connectivity index (χ0n) is 14.6. The molecule has 3 rings (SSSR count). The second-order valence-corrected chi connectivity index (χ2v) is 5.88. The quantitative estimate of drug-likeness (QED) is 0.322. The van der Waals surface area contributed by atoms with E-state index in [4.69, 9.17) is 9.57 Å². The summed E-state index contributed by atoms with van der Waals surface area (Å²) >= 11 is 0. The van der Waals surface area contributed by atoms with Gasteiger partial charge in [-0.1, -0.05) is 53.7 Å². The third-order valence-corrected chi connectivity index (χ3v) is 3.81. The maximum absolute atomic E-state index is 5.83. The van der Waals surface area contributed by atoms with Crippen LogP contribution in [0.4, 0.5) is 0 Å². The van der Waals surface area contributed by atoms with Gasteiger partial charge in [-0.25, -0.2) is 0 Å². The Balaban J connectivity index is 1.41. The molecule has 3 aromatic rings. The molecule has 0 atom stereocenters.